The third-order valence-corrected chi connectivity index (χ3v) is 2.70. The van der Waals surface area contributed by atoms with Crippen LogP contribution in [0.25, 0.3) is 10.9 Å². The highest BCUT2D eigenvalue weighted by Crippen LogP contribution is 2.27. The smallest absolute Gasteiger partial charge is 0.294 e. The van der Waals surface area contributed by atoms with Gasteiger partial charge in [0.25, 0.3) is 12.4 Å². The molecule has 0 radical (unpaired) electrons. The first-order valence-corrected chi connectivity index (χ1v) is 5.44. The van der Waals surface area contributed by atoms with Crippen molar-refractivity contribution in [1.82, 2.24) is 4.98 Å². The van der Waals surface area contributed by atoms with Gasteiger partial charge in [0.2, 0.25) is 6.10 Å². The number of primary amides is 1. The van der Waals surface area contributed by atoms with Crippen LogP contribution in [0.15, 0.2) is 30.5 Å². The molecule has 0 fully saturated rings. The van der Waals surface area contributed by atoms with Gasteiger partial charge < -0.3 is 10.5 Å². The van der Waals surface area contributed by atoms with Gasteiger partial charge in [-0.15, -0.1) is 0 Å². The first kappa shape index (κ1) is 12.3. The van der Waals surface area contributed by atoms with Crippen LogP contribution in [-0.4, -0.2) is 17.4 Å². The molecule has 2 rings (SSSR count). The second kappa shape index (κ2) is 5.01. The van der Waals surface area contributed by atoms with E-state index in [2.05, 4.69) is 4.98 Å². The summed E-state index contributed by atoms with van der Waals surface area (Å²) in [7, 11) is 0. The maximum Gasteiger partial charge on any atom is 0.294 e. The van der Waals surface area contributed by atoms with Crippen molar-refractivity contribution in [1.29, 1.82) is 0 Å². The van der Waals surface area contributed by atoms with E-state index in [-0.39, 0.29) is 6.47 Å². The van der Waals surface area contributed by atoms with E-state index in [4.69, 9.17) is 22.1 Å². The molecule has 18 heavy (non-hydrogen) atoms. The molecule has 1 unspecified atom stereocenters. The maximum atomic E-state index is 11.3. The Hall–Kier alpha value is -2.14. The first-order chi connectivity index (χ1) is 8.63. The largest absolute Gasteiger partial charge is 0.449 e. The molecule has 6 heteroatoms. The van der Waals surface area contributed by atoms with Crippen LogP contribution in [0.4, 0.5) is 0 Å². The molecule has 0 bridgehead atoms. The normalized spacial score (nSPS) is 12.1. The number of pyridine rings is 1. The zero-order valence-electron chi connectivity index (χ0n) is 9.17. The van der Waals surface area contributed by atoms with E-state index >= 15 is 0 Å². The highest BCUT2D eigenvalue weighted by atomic mass is 35.5. The summed E-state index contributed by atoms with van der Waals surface area (Å²) in [6.45, 7) is 0.187. The van der Waals surface area contributed by atoms with Crippen molar-refractivity contribution < 1.29 is 14.3 Å². The average molecular weight is 265 g/mol. The van der Waals surface area contributed by atoms with E-state index in [9.17, 15) is 9.59 Å². The predicted octanol–water partition coefficient (Wildman–Crippen LogP) is 1.59. The van der Waals surface area contributed by atoms with Crippen LogP contribution in [0, 0.1) is 0 Å². The predicted molar refractivity (Wildman–Crippen MR) is 65.8 cm³/mol. The molecule has 0 aliphatic heterocycles. The monoisotopic (exact) mass is 264 g/mol. The Labute approximate surface area is 108 Å². The van der Waals surface area contributed by atoms with Gasteiger partial charge in [0, 0.05) is 22.2 Å². The number of nitrogens with two attached hydrogens (primary N) is 1. The zero-order chi connectivity index (χ0) is 13.1. The third kappa shape index (κ3) is 2.26. The van der Waals surface area contributed by atoms with E-state index in [1.807, 2.05) is 0 Å². The Morgan fingerprint density at radius 2 is 2.22 bits per heavy atom. The molecule has 2 aromatic rings. The summed E-state index contributed by atoms with van der Waals surface area (Å²) in [6, 6.07) is 6.60. The van der Waals surface area contributed by atoms with Crippen molar-refractivity contribution in [3.8, 4) is 0 Å². The molecule has 0 aliphatic rings. The van der Waals surface area contributed by atoms with Crippen LogP contribution < -0.4 is 5.73 Å². The fraction of sp³-hybridized carbons (Fsp3) is 0.0833. The number of hydrogen-bond donors (Lipinski definition) is 1. The molecule has 0 saturated heterocycles. The minimum absolute atomic E-state index is 0.187. The number of carbonyl (C=O) groups is 2. The van der Waals surface area contributed by atoms with Crippen molar-refractivity contribution in [3.05, 3.63) is 41.0 Å². The van der Waals surface area contributed by atoms with Crippen molar-refractivity contribution in [2.75, 3.05) is 0 Å². The van der Waals surface area contributed by atoms with Crippen molar-refractivity contribution >= 4 is 34.9 Å². The van der Waals surface area contributed by atoms with E-state index < -0.39 is 12.0 Å². The molecule has 2 N–H and O–H groups in total. The molecule has 1 atom stereocenters. The van der Waals surface area contributed by atoms with Gasteiger partial charge in [-0.05, 0) is 24.3 Å². The minimum Gasteiger partial charge on any atom is -0.449 e. The van der Waals surface area contributed by atoms with Crippen LogP contribution >= 0.6 is 11.6 Å². The summed E-state index contributed by atoms with van der Waals surface area (Å²) in [6.07, 6.45) is 0.363. The Kier molecular flexibility index (Phi) is 3.43. The van der Waals surface area contributed by atoms with Crippen LogP contribution in [0.5, 0.6) is 0 Å². The Bertz CT molecular complexity index is 615. The Morgan fingerprint density at radius 3 is 2.89 bits per heavy atom. The van der Waals surface area contributed by atoms with Gasteiger partial charge in [-0.1, -0.05) is 11.6 Å². The second-order valence-electron chi connectivity index (χ2n) is 3.58. The lowest BCUT2D eigenvalue weighted by molar-refractivity contribution is -0.143. The highest BCUT2D eigenvalue weighted by Gasteiger charge is 2.21. The number of nitrogens with zero attached hydrogens (tertiary/aromatic N) is 1. The summed E-state index contributed by atoms with van der Waals surface area (Å²) in [5.74, 6) is -0.755. The Balaban J connectivity index is 2.64. The van der Waals surface area contributed by atoms with Gasteiger partial charge in [-0.25, -0.2) is 0 Å². The molecule has 5 nitrogen and oxygen atoms in total. The molecule has 0 aliphatic carbocycles. The van der Waals surface area contributed by atoms with Gasteiger partial charge in [0.15, 0.2) is 0 Å². The summed E-state index contributed by atoms with van der Waals surface area (Å²) >= 11 is 5.90. The molecule has 1 heterocycles. The molecule has 0 saturated carbocycles. The first-order valence-electron chi connectivity index (χ1n) is 5.06. The van der Waals surface area contributed by atoms with Gasteiger partial charge in [0.05, 0.1) is 5.52 Å². The summed E-state index contributed by atoms with van der Waals surface area (Å²) in [5, 5.41) is 1.11. The molecule has 1 aromatic heterocycles. The topological polar surface area (TPSA) is 82.3 Å². The van der Waals surface area contributed by atoms with Gasteiger partial charge in [0.1, 0.15) is 0 Å². The van der Waals surface area contributed by atoms with Crippen molar-refractivity contribution in [2.45, 2.75) is 6.10 Å². The SMILES string of the molecule is NC(=O)C(OC=O)c1ccnc2ccc(Cl)cc12. The molecule has 92 valence electrons. The standard InChI is InChI=1S/C12H9ClN2O3/c13-7-1-2-10-9(5-7)8(3-4-15-10)11(12(14)17)18-6-16/h1-6,11H,(H2,14,17). The number of carbonyl (C=O) groups excluding carboxylic acids is 2. The number of amides is 1. The fourth-order valence-corrected chi connectivity index (χ4v) is 1.89. The average Bonchev–Trinajstić information content (AvgIpc) is 2.35. The lowest BCUT2D eigenvalue weighted by Gasteiger charge is -2.13. The maximum absolute atomic E-state index is 11.3. The van der Waals surface area contributed by atoms with Gasteiger partial charge >= 0.3 is 0 Å². The van der Waals surface area contributed by atoms with E-state index in [0.717, 1.165) is 0 Å². The molecular weight excluding hydrogens is 256 g/mol. The summed E-state index contributed by atoms with van der Waals surface area (Å²) < 4.78 is 4.71. The van der Waals surface area contributed by atoms with Crippen molar-refractivity contribution in [2.24, 2.45) is 5.73 Å². The van der Waals surface area contributed by atoms with Crippen LogP contribution in [-0.2, 0) is 14.3 Å². The Morgan fingerprint density at radius 1 is 1.44 bits per heavy atom. The van der Waals surface area contributed by atoms with Crippen LogP contribution in [0.1, 0.15) is 11.7 Å². The third-order valence-electron chi connectivity index (χ3n) is 2.47. The summed E-state index contributed by atoms with van der Waals surface area (Å²) in [4.78, 5) is 25.9. The number of rotatable bonds is 4. The number of hydrogen-bond acceptors (Lipinski definition) is 4. The lowest BCUT2D eigenvalue weighted by atomic mass is 10.0. The van der Waals surface area contributed by atoms with E-state index in [1.165, 1.54) is 6.20 Å². The van der Waals surface area contributed by atoms with Crippen LogP contribution in [0.2, 0.25) is 5.02 Å². The van der Waals surface area contributed by atoms with Gasteiger partial charge in [-0.3, -0.25) is 14.6 Å². The molecule has 1 aromatic carbocycles. The molecular formula is C12H9ClN2O3. The minimum atomic E-state index is -1.15. The number of aromatic nitrogens is 1. The van der Waals surface area contributed by atoms with Crippen molar-refractivity contribution in [3.63, 3.8) is 0 Å². The quantitative estimate of drug-likeness (QED) is 0.850. The number of benzene rings is 1. The van der Waals surface area contributed by atoms with Gasteiger partial charge in [-0.2, -0.15) is 0 Å². The summed E-state index contributed by atoms with van der Waals surface area (Å²) in [5.41, 5.74) is 6.30. The second-order valence-corrected chi connectivity index (χ2v) is 4.01. The highest BCUT2D eigenvalue weighted by molar-refractivity contribution is 6.31. The van der Waals surface area contributed by atoms with E-state index in [1.54, 1.807) is 24.3 Å². The fourth-order valence-electron chi connectivity index (χ4n) is 1.72. The van der Waals surface area contributed by atoms with Crippen LogP contribution in [0.3, 0.4) is 0 Å². The number of ether oxygens (including phenoxy) is 1. The van der Waals surface area contributed by atoms with E-state index in [0.29, 0.717) is 21.5 Å². The number of fused-ring (bicyclic) bond motifs is 1. The molecule has 0 spiro atoms. The molecule has 1 amide bonds. The zero-order valence-corrected chi connectivity index (χ0v) is 9.92. The number of halogens is 1. The lowest BCUT2D eigenvalue weighted by Crippen LogP contribution is -2.23.